The smallest absolute Gasteiger partial charge is 0.341 e. The van der Waals surface area contributed by atoms with Gasteiger partial charge in [-0.05, 0) is 60.0 Å². The maximum Gasteiger partial charge on any atom is 0.341 e. The number of nitrogens with zero attached hydrogens (tertiary/aromatic N) is 1. The monoisotopic (exact) mass is 501 g/mol. The molecule has 0 aliphatic heterocycles. The van der Waals surface area contributed by atoms with Crippen LogP contribution in [0.25, 0.3) is 6.08 Å². The topological polar surface area (TPSA) is 111 Å². The van der Waals surface area contributed by atoms with Crippen LogP contribution in [0.5, 0.6) is 0 Å². The van der Waals surface area contributed by atoms with E-state index in [1.165, 1.54) is 42.7 Å². The first-order valence-corrected chi connectivity index (χ1v) is 12.0. The average Bonchev–Trinajstić information content (AvgIpc) is 3.13. The molecule has 0 fully saturated rings. The number of anilines is 1. The van der Waals surface area contributed by atoms with E-state index in [4.69, 9.17) is 17.0 Å². The third-order valence-corrected chi connectivity index (χ3v) is 7.23. The van der Waals surface area contributed by atoms with Crippen LogP contribution < -0.4 is 10.6 Å². The van der Waals surface area contributed by atoms with E-state index in [2.05, 4.69) is 31.4 Å². The number of methoxy groups -OCH3 is 1. The number of fused-ring (bicyclic) bond motifs is 1. The predicted molar refractivity (Wildman–Crippen MR) is 137 cm³/mol. The number of ether oxygens (including phenoxy) is 1. The summed E-state index contributed by atoms with van der Waals surface area (Å²) in [6.45, 7) is 6.67. The lowest BCUT2D eigenvalue weighted by atomic mass is 9.72. The summed E-state index contributed by atoms with van der Waals surface area (Å²) in [5.41, 5.74) is 2.06. The number of carbonyl (C=O) groups excluding carboxylic acids is 2. The highest BCUT2D eigenvalue weighted by atomic mass is 32.1. The van der Waals surface area contributed by atoms with E-state index in [9.17, 15) is 19.7 Å². The van der Waals surface area contributed by atoms with Crippen LogP contribution in [0.15, 0.2) is 30.3 Å². The summed E-state index contributed by atoms with van der Waals surface area (Å²) in [5, 5.41) is 17.0. The van der Waals surface area contributed by atoms with Crippen molar-refractivity contribution in [1.82, 2.24) is 5.32 Å². The number of rotatable bonds is 5. The highest BCUT2D eigenvalue weighted by Gasteiger charge is 2.34. The number of hydrogen-bond acceptors (Lipinski definition) is 7. The van der Waals surface area contributed by atoms with Gasteiger partial charge in [0.25, 0.3) is 5.69 Å². The van der Waals surface area contributed by atoms with Crippen LogP contribution in [0, 0.1) is 21.4 Å². The van der Waals surface area contributed by atoms with Crippen molar-refractivity contribution in [2.75, 3.05) is 12.4 Å². The number of carbonyl (C=O) groups is 2. The van der Waals surface area contributed by atoms with Gasteiger partial charge in [-0.2, -0.15) is 0 Å². The summed E-state index contributed by atoms with van der Waals surface area (Å²) in [4.78, 5) is 36.4. The summed E-state index contributed by atoms with van der Waals surface area (Å²) >= 11 is 6.75. The van der Waals surface area contributed by atoms with Gasteiger partial charge in [-0.3, -0.25) is 20.2 Å². The Morgan fingerprint density at radius 2 is 2.06 bits per heavy atom. The number of benzene rings is 1. The zero-order valence-corrected chi connectivity index (χ0v) is 21.1. The van der Waals surface area contributed by atoms with Gasteiger partial charge in [0.1, 0.15) is 5.00 Å². The third kappa shape index (κ3) is 6.06. The minimum atomic E-state index is -0.502. The zero-order valence-electron chi connectivity index (χ0n) is 19.5. The molecule has 0 bridgehead atoms. The second kappa shape index (κ2) is 10.4. The third-order valence-electron chi connectivity index (χ3n) is 5.85. The average molecular weight is 502 g/mol. The van der Waals surface area contributed by atoms with Crippen molar-refractivity contribution in [1.29, 1.82) is 0 Å². The van der Waals surface area contributed by atoms with Crippen molar-refractivity contribution in [3.05, 3.63) is 62.0 Å². The van der Waals surface area contributed by atoms with Crippen LogP contribution in [-0.2, 0) is 22.4 Å². The Bertz CT molecular complexity index is 1160. The molecular weight excluding hydrogens is 474 g/mol. The lowest BCUT2D eigenvalue weighted by Gasteiger charge is -2.33. The molecule has 0 radical (unpaired) electrons. The van der Waals surface area contributed by atoms with Crippen molar-refractivity contribution >= 4 is 57.3 Å². The Morgan fingerprint density at radius 3 is 2.71 bits per heavy atom. The predicted octanol–water partition coefficient (Wildman–Crippen LogP) is 5.12. The SMILES string of the molecule is COC(=O)c1c(NC(=S)NC(=O)/C=C/c2cccc([N+](=O)[O-])c2)sc2c1CCC(C(C)(C)C)C2. The van der Waals surface area contributed by atoms with Gasteiger partial charge in [-0.25, -0.2) is 4.79 Å². The van der Waals surface area contributed by atoms with Crippen LogP contribution in [0.4, 0.5) is 10.7 Å². The molecule has 10 heteroatoms. The largest absolute Gasteiger partial charge is 0.465 e. The molecule has 1 unspecified atom stereocenters. The van der Waals surface area contributed by atoms with E-state index in [1.807, 2.05) is 0 Å². The van der Waals surface area contributed by atoms with Crippen LogP contribution in [0.3, 0.4) is 0 Å². The lowest BCUT2D eigenvalue weighted by molar-refractivity contribution is -0.384. The van der Waals surface area contributed by atoms with Crippen molar-refractivity contribution in [2.24, 2.45) is 11.3 Å². The molecule has 2 aromatic rings. The van der Waals surface area contributed by atoms with E-state index in [0.717, 1.165) is 29.7 Å². The first-order chi connectivity index (χ1) is 16.0. The minimum Gasteiger partial charge on any atom is -0.465 e. The molecular formula is C24H27N3O5S2. The number of nitro benzene ring substituents is 1. The van der Waals surface area contributed by atoms with Crippen LogP contribution in [0.1, 0.15) is 53.6 Å². The standard InChI is InChI=1S/C24H27N3O5S2/c1-24(2,3)15-9-10-17-18(13-15)34-21(20(17)22(29)32-4)26-23(33)25-19(28)11-8-14-6-5-7-16(12-14)27(30)31/h5-8,11-12,15H,9-10,13H2,1-4H3,(H2,25,26,28,33)/b11-8+. The molecule has 180 valence electrons. The van der Waals surface area contributed by atoms with Crippen molar-refractivity contribution in [3.63, 3.8) is 0 Å². The van der Waals surface area contributed by atoms with Gasteiger partial charge < -0.3 is 10.1 Å². The van der Waals surface area contributed by atoms with E-state index in [0.29, 0.717) is 22.0 Å². The molecule has 3 rings (SSSR count). The molecule has 8 nitrogen and oxygen atoms in total. The molecule has 1 aromatic heterocycles. The Balaban J connectivity index is 1.72. The van der Waals surface area contributed by atoms with Crippen LogP contribution in [0.2, 0.25) is 0 Å². The van der Waals surface area contributed by atoms with Crippen molar-refractivity contribution in [2.45, 2.75) is 40.0 Å². The van der Waals surface area contributed by atoms with Gasteiger partial charge in [0.15, 0.2) is 5.11 Å². The lowest BCUT2D eigenvalue weighted by Crippen LogP contribution is -2.33. The zero-order chi connectivity index (χ0) is 25.0. The molecule has 1 atom stereocenters. The summed E-state index contributed by atoms with van der Waals surface area (Å²) < 4.78 is 5.01. The van der Waals surface area contributed by atoms with Gasteiger partial charge in [0, 0.05) is 23.1 Å². The molecule has 0 saturated carbocycles. The van der Waals surface area contributed by atoms with Gasteiger partial charge in [0.2, 0.25) is 5.91 Å². The number of amides is 1. The van der Waals surface area contributed by atoms with Gasteiger partial charge in [-0.1, -0.05) is 32.9 Å². The fourth-order valence-corrected chi connectivity index (χ4v) is 5.52. The van der Waals surface area contributed by atoms with Gasteiger partial charge in [-0.15, -0.1) is 11.3 Å². The Labute approximate surface area is 207 Å². The Hall–Kier alpha value is -3.11. The maximum atomic E-state index is 12.5. The molecule has 1 aromatic carbocycles. The number of thiocarbonyl (C=S) groups is 1. The summed E-state index contributed by atoms with van der Waals surface area (Å²) in [5.74, 6) is -0.436. The Kier molecular flexibility index (Phi) is 7.83. The number of non-ortho nitro benzene ring substituents is 1. The molecule has 2 N–H and O–H groups in total. The van der Waals surface area contributed by atoms with Gasteiger partial charge >= 0.3 is 5.97 Å². The Morgan fingerprint density at radius 1 is 1.32 bits per heavy atom. The minimum absolute atomic E-state index is 0.0461. The first-order valence-electron chi connectivity index (χ1n) is 10.8. The molecule has 1 aliphatic rings. The van der Waals surface area contributed by atoms with Crippen LogP contribution in [-0.4, -0.2) is 29.0 Å². The molecule has 0 saturated heterocycles. The summed E-state index contributed by atoms with van der Waals surface area (Å²) in [7, 11) is 1.34. The van der Waals surface area contributed by atoms with E-state index in [1.54, 1.807) is 12.1 Å². The van der Waals surface area contributed by atoms with Gasteiger partial charge in [0.05, 0.1) is 17.6 Å². The second-order valence-electron chi connectivity index (χ2n) is 9.13. The summed E-state index contributed by atoms with van der Waals surface area (Å²) in [6.07, 6.45) is 5.34. The molecule has 0 spiro atoms. The van der Waals surface area contributed by atoms with Crippen molar-refractivity contribution < 1.29 is 19.2 Å². The van der Waals surface area contributed by atoms with E-state index in [-0.39, 0.29) is 16.2 Å². The summed E-state index contributed by atoms with van der Waals surface area (Å²) in [6, 6.07) is 5.93. The highest BCUT2D eigenvalue weighted by Crippen LogP contribution is 2.44. The molecule has 1 heterocycles. The first kappa shape index (κ1) is 25.5. The van der Waals surface area contributed by atoms with E-state index >= 15 is 0 Å². The number of nitrogens with one attached hydrogen (secondary N) is 2. The van der Waals surface area contributed by atoms with Crippen molar-refractivity contribution in [3.8, 4) is 0 Å². The molecule has 34 heavy (non-hydrogen) atoms. The maximum absolute atomic E-state index is 12.5. The van der Waals surface area contributed by atoms with E-state index < -0.39 is 16.8 Å². The number of nitro groups is 1. The quantitative estimate of drug-likeness (QED) is 0.192. The normalized spacial score (nSPS) is 15.5. The highest BCUT2D eigenvalue weighted by molar-refractivity contribution is 7.80. The fourth-order valence-electron chi connectivity index (χ4n) is 3.93. The molecule has 1 amide bonds. The fraction of sp³-hybridized carbons (Fsp3) is 0.375. The molecule has 1 aliphatic carbocycles. The second-order valence-corrected chi connectivity index (χ2v) is 10.6. The number of esters is 1. The number of hydrogen-bond donors (Lipinski definition) is 2. The number of thiophene rings is 1. The van der Waals surface area contributed by atoms with Crippen LogP contribution >= 0.6 is 23.6 Å².